The Morgan fingerprint density at radius 2 is 1.82 bits per heavy atom. The van der Waals surface area contributed by atoms with Crippen LogP contribution in [0.25, 0.3) is 0 Å². The average molecular weight is 267 g/mol. The predicted octanol–water partition coefficient (Wildman–Crippen LogP) is 5.09. The van der Waals surface area contributed by atoms with Gasteiger partial charge in [0.05, 0.1) is 0 Å². The molecule has 3 heteroatoms. The van der Waals surface area contributed by atoms with Crippen LogP contribution in [-0.4, -0.2) is 10.1 Å². The minimum atomic E-state index is 0.881. The fourth-order valence-corrected chi connectivity index (χ4v) is 2.64. The van der Waals surface area contributed by atoms with E-state index in [9.17, 15) is 0 Å². The summed E-state index contributed by atoms with van der Waals surface area (Å²) in [5.41, 5.74) is 1.08. The van der Waals surface area contributed by atoms with Crippen LogP contribution < -0.4 is 5.32 Å². The lowest BCUT2D eigenvalue weighted by Crippen LogP contribution is -2.04. The molecule has 94 valence electrons. The van der Waals surface area contributed by atoms with Crippen molar-refractivity contribution >= 4 is 34.0 Å². The number of hydrogen-bond donors (Lipinski definition) is 1. The first kappa shape index (κ1) is 14.5. The molecule has 0 heterocycles. The van der Waals surface area contributed by atoms with Crippen molar-refractivity contribution in [1.29, 1.82) is 0 Å². The van der Waals surface area contributed by atoms with E-state index in [1.54, 1.807) is 11.8 Å². The van der Waals surface area contributed by atoms with Gasteiger partial charge < -0.3 is 5.32 Å². The maximum atomic E-state index is 5.29. The lowest BCUT2D eigenvalue weighted by atomic mass is 10.2. The van der Waals surface area contributed by atoms with Gasteiger partial charge in [0.2, 0.25) is 0 Å². The topological polar surface area (TPSA) is 12.0 Å². The first-order valence-electron chi connectivity index (χ1n) is 6.31. The van der Waals surface area contributed by atoms with Gasteiger partial charge in [0, 0.05) is 11.4 Å². The number of anilines is 1. The van der Waals surface area contributed by atoms with E-state index in [1.807, 2.05) is 30.3 Å². The summed E-state index contributed by atoms with van der Waals surface area (Å²) in [6.07, 6.45) is 6.62. The Morgan fingerprint density at radius 1 is 1.12 bits per heavy atom. The summed E-state index contributed by atoms with van der Waals surface area (Å²) in [7, 11) is 0. The Bertz CT molecular complexity index is 311. The van der Waals surface area contributed by atoms with E-state index in [0.29, 0.717) is 0 Å². The molecular formula is C14H21NS2. The van der Waals surface area contributed by atoms with Crippen LogP contribution in [0.1, 0.15) is 39.0 Å². The van der Waals surface area contributed by atoms with Gasteiger partial charge in [0.15, 0.2) is 0 Å². The number of thioether (sulfide) groups is 1. The van der Waals surface area contributed by atoms with E-state index in [0.717, 1.165) is 15.8 Å². The number of thiocarbonyl (C=S) groups is 1. The summed E-state index contributed by atoms with van der Waals surface area (Å²) < 4.78 is 0.881. The van der Waals surface area contributed by atoms with E-state index < -0.39 is 0 Å². The fraction of sp³-hybridized carbons (Fsp3) is 0.500. The second kappa shape index (κ2) is 9.49. The summed E-state index contributed by atoms with van der Waals surface area (Å²) in [6, 6.07) is 10.1. The summed E-state index contributed by atoms with van der Waals surface area (Å²) in [6.45, 7) is 2.24. The standard InChI is InChI=1S/C14H21NS2/c1-2-3-4-5-9-12-17-14(16)15-13-10-7-6-8-11-13/h6-8,10-11H,2-5,9,12H2,1H3,(H,15,16). The zero-order chi connectivity index (χ0) is 12.3. The molecule has 0 atom stereocenters. The van der Waals surface area contributed by atoms with E-state index in [2.05, 4.69) is 12.2 Å². The smallest absolute Gasteiger partial charge is 0.138 e. The molecule has 17 heavy (non-hydrogen) atoms. The molecular weight excluding hydrogens is 246 g/mol. The largest absolute Gasteiger partial charge is 0.341 e. The Hall–Kier alpha value is -0.540. The van der Waals surface area contributed by atoms with E-state index in [1.165, 1.54) is 32.1 Å². The summed E-state index contributed by atoms with van der Waals surface area (Å²) in [5.74, 6) is 1.13. The number of nitrogens with one attached hydrogen (secondary N) is 1. The van der Waals surface area contributed by atoms with E-state index >= 15 is 0 Å². The molecule has 0 saturated carbocycles. The maximum absolute atomic E-state index is 5.29. The molecule has 1 aromatic rings. The monoisotopic (exact) mass is 267 g/mol. The first-order chi connectivity index (χ1) is 8.33. The van der Waals surface area contributed by atoms with Gasteiger partial charge in [-0.1, -0.05) is 74.8 Å². The van der Waals surface area contributed by atoms with Crippen molar-refractivity contribution in [3.63, 3.8) is 0 Å². The van der Waals surface area contributed by atoms with Crippen LogP contribution in [0.3, 0.4) is 0 Å². The van der Waals surface area contributed by atoms with Crippen molar-refractivity contribution in [3.05, 3.63) is 30.3 Å². The first-order valence-corrected chi connectivity index (χ1v) is 7.71. The van der Waals surface area contributed by atoms with Crippen molar-refractivity contribution < 1.29 is 0 Å². The molecule has 0 saturated heterocycles. The molecule has 1 aromatic carbocycles. The van der Waals surface area contributed by atoms with Crippen LogP contribution in [0.5, 0.6) is 0 Å². The third-order valence-electron chi connectivity index (χ3n) is 2.50. The zero-order valence-electron chi connectivity index (χ0n) is 10.4. The lowest BCUT2D eigenvalue weighted by Gasteiger charge is -2.06. The van der Waals surface area contributed by atoms with Crippen LogP contribution >= 0.6 is 24.0 Å². The Balaban J connectivity index is 2.06. The number of para-hydroxylation sites is 1. The summed E-state index contributed by atoms with van der Waals surface area (Å²) in [4.78, 5) is 0. The fourth-order valence-electron chi connectivity index (χ4n) is 1.55. The molecule has 0 amide bonds. The molecule has 1 nitrogen and oxygen atoms in total. The molecule has 0 aliphatic rings. The lowest BCUT2D eigenvalue weighted by molar-refractivity contribution is 0.660. The van der Waals surface area contributed by atoms with Crippen LogP contribution in [0.15, 0.2) is 30.3 Å². The van der Waals surface area contributed by atoms with Crippen molar-refractivity contribution in [2.24, 2.45) is 0 Å². The molecule has 0 aromatic heterocycles. The van der Waals surface area contributed by atoms with Crippen LogP contribution in [0, 0.1) is 0 Å². The summed E-state index contributed by atoms with van der Waals surface area (Å²) in [5, 5.41) is 3.24. The van der Waals surface area contributed by atoms with Crippen LogP contribution in [0.2, 0.25) is 0 Å². The van der Waals surface area contributed by atoms with Crippen molar-refractivity contribution in [1.82, 2.24) is 0 Å². The Labute approximate surface area is 114 Å². The van der Waals surface area contributed by atoms with Gasteiger partial charge in [0.25, 0.3) is 0 Å². The number of rotatable bonds is 7. The van der Waals surface area contributed by atoms with Gasteiger partial charge >= 0.3 is 0 Å². The summed E-state index contributed by atoms with van der Waals surface area (Å²) >= 11 is 7.04. The van der Waals surface area contributed by atoms with Crippen molar-refractivity contribution in [2.45, 2.75) is 39.0 Å². The highest BCUT2D eigenvalue weighted by Gasteiger charge is 1.98. The van der Waals surface area contributed by atoms with Gasteiger partial charge in [-0.25, -0.2) is 0 Å². The second-order valence-electron chi connectivity index (χ2n) is 4.04. The SMILES string of the molecule is CCCCCCCSC(=S)Nc1ccccc1. The second-order valence-corrected chi connectivity index (χ2v) is 5.81. The molecule has 0 aliphatic heterocycles. The molecule has 1 rings (SSSR count). The maximum Gasteiger partial charge on any atom is 0.138 e. The van der Waals surface area contributed by atoms with Gasteiger partial charge in [-0.05, 0) is 18.6 Å². The Morgan fingerprint density at radius 3 is 2.53 bits per heavy atom. The molecule has 0 bridgehead atoms. The van der Waals surface area contributed by atoms with E-state index in [-0.39, 0.29) is 0 Å². The third kappa shape index (κ3) is 7.40. The molecule has 0 radical (unpaired) electrons. The van der Waals surface area contributed by atoms with Crippen LogP contribution in [-0.2, 0) is 0 Å². The van der Waals surface area contributed by atoms with Crippen molar-refractivity contribution in [2.75, 3.05) is 11.1 Å². The van der Waals surface area contributed by atoms with Gasteiger partial charge in [-0.3, -0.25) is 0 Å². The highest BCUT2D eigenvalue weighted by Crippen LogP contribution is 2.13. The number of benzene rings is 1. The molecule has 0 spiro atoms. The molecule has 0 unspecified atom stereocenters. The third-order valence-corrected chi connectivity index (χ3v) is 3.81. The quantitative estimate of drug-likeness (QED) is 0.546. The molecule has 0 fully saturated rings. The highest BCUT2D eigenvalue weighted by atomic mass is 32.2. The normalized spacial score (nSPS) is 10.2. The number of unbranched alkanes of at least 4 members (excludes halogenated alkanes) is 4. The Kier molecular flexibility index (Phi) is 8.10. The zero-order valence-corrected chi connectivity index (χ0v) is 12.1. The predicted molar refractivity (Wildman–Crippen MR) is 83.9 cm³/mol. The van der Waals surface area contributed by atoms with Crippen molar-refractivity contribution in [3.8, 4) is 0 Å². The molecule has 1 N–H and O–H groups in total. The highest BCUT2D eigenvalue weighted by molar-refractivity contribution is 8.23. The minimum Gasteiger partial charge on any atom is -0.341 e. The number of hydrogen-bond acceptors (Lipinski definition) is 2. The van der Waals surface area contributed by atoms with Crippen LogP contribution in [0.4, 0.5) is 5.69 Å². The van der Waals surface area contributed by atoms with Gasteiger partial charge in [-0.15, -0.1) is 0 Å². The van der Waals surface area contributed by atoms with E-state index in [4.69, 9.17) is 12.2 Å². The van der Waals surface area contributed by atoms with Gasteiger partial charge in [-0.2, -0.15) is 0 Å². The van der Waals surface area contributed by atoms with Gasteiger partial charge in [0.1, 0.15) is 4.32 Å². The molecule has 0 aliphatic carbocycles. The average Bonchev–Trinajstić information content (AvgIpc) is 2.35. The minimum absolute atomic E-state index is 0.881.